The van der Waals surface area contributed by atoms with Gasteiger partial charge in [0.2, 0.25) is 0 Å². The number of likely N-dealkylation sites (tertiary alicyclic amines) is 1. The predicted octanol–water partition coefficient (Wildman–Crippen LogP) is 3.05. The molecule has 3 unspecified atom stereocenters. The Kier molecular flexibility index (Phi) is 3.52. The third kappa shape index (κ3) is 2.32. The van der Waals surface area contributed by atoms with E-state index in [9.17, 15) is 13.9 Å². The van der Waals surface area contributed by atoms with E-state index in [1.165, 1.54) is 12.1 Å². The van der Waals surface area contributed by atoms with Crippen LogP contribution in [-0.2, 0) is 4.74 Å². The Morgan fingerprint density at radius 3 is 2.78 bits per heavy atom. The molecule has 5 rings (SSSR count). The monoisotopic (exact) mass is 323 g/mol. The van der Waals surface area contributed by atoms with Crippen LogP contribution in [0.4, 0.5) is 8.78 Å². The molecule has 1 aromatic rings. The zero-order chi connectivity index (χ0) is 16.2. The fourth-order valence-electron chi connectivity index (χ4n) is 5.29. The zero-order valence-electron chi connectivity index (χ0n) is 13.3. The van der Waals surface area contributed by atoms with E-state index in [1.54, 1.807) is 13.2 Å². The van der Waals surface area contributed by atoms with E-state index >= 15 is 0 Å². The molecule has 1 aliphatic heterocycles. The Morgan fingerprint density at radius 1 is 1.39 bits per heavy atom. The van der Waals surface area contributed by atoms with Crippen LogP contribution in [0.1, 0.15) is 37.3 Å². The topological polar surface area (TPSA) is 32.7 Å². The van der Waals surface area contributed by atoms with Crippen LogP contribution in [0.2, 0.25) is 0 Å². The maximum Gasteiger partial charge on any atom is 0.123 e. The molecule has 0 aromatic heterocycles. The zero-order valence-corrected chi connectivity index (χ0v) is 13.3. The number of rotatable bonds is 5. The highest BCUT2D eigenvalue weighted by molar-refractivity contribution is 5.24. The molecule has 1 N–H and O–H groups in total. The third-order valence-electron chi connectivity index (χ3n) is 6.02. The fourth-order valence-corrected chi connectivity index (χ4v) is 5.29. The van der Waals surface area contributed by atoms with E-state index < -0.39 is 12.4 Å². The number of aliphatic hydroxyl groups excluding tert-OH is 1. The van der Waals surface area contributed by atoms with Crippen LogP contribution >= 0.6 is 0 Å². The summed E-state index contributed by atoms with van der Waals surface area (Å²) in [5.41, 5.74) is 0.870. The van der Waals surface area contributed by atoms with Gasteiger partial charge in [0.05, 0.1) is 6.61 Å². The molecule has 23 heavy (non-hydrogen) atoms. The highest BCUT2D eigenvalue weighted by atomic mass is 19.1. The lowest BCUT2D eigenvalue weighted by Crippen LogP contribution is -2.71. The van der Waals surface area contributed by atoms with Crippen molar-refractivity contribution in [1.82, 2.24) is 4.90 Å². The van der Waals surface area contributed by atoms with Gasteiger partial charge in [0.1, 0.15) is 18.2 Å². The van der Waals surface area contributed by atoms with Crippen LogP contribution in [0.5, 0.6) is 0 Å². The quantitative estimate of drug-likeness (QED) is 0.904. The first kappa shape index (κ1) is 15.5. The first-order valence-corrected chi connectivity index (χ1v) is 8.29. The van der Waals surface area contributed by atoms with Gasteiger partial charge in [-0.3, -0.25) is 4.90 Å². The number of alkyl halides is 1. The molecular weight excluding hydrogens is 300 g/mol. The molecule has 0 spiro atoms. The summed E-state index contributed by atoms with van der Waals surface area (Å²) >= 11 is 0. The molecule has 0 amide bonds. The molecule has 3 atom stereocenters. The average Bonchev–Trinajstić information content (AvgIpc) is 2.82. The lowest BCUT2D eigenvalue weighted by molar-refractivity contribution is -0.302. The van der Waals surface area contributed by atoms with E-state index in [4.69, 9.17) is 4.74 Å². The van der Waals surface area contributed by atoms with Crippen LogP contribution in [-0.4, -0.2) is 42.7 Å². The lowest BCUT2D eigenvalue weighted by Gasteiger charge is -2.73. The number of halogens is 2. The van der Waals surface area contributed by atoms with Crippen LogP contribution in [0, 0.1) is 16.6 Å². The summed E-state index contributed by atoms with van der Waals surface area (Å²) in [7, 11) is 1.71. The van der Waals surface area contributed by atoms with Gasteiger partial charge in [-0.05, 0) is 48.8 Å². The summed E-state index contributed by atoms with van der Waals surface area (Å²) < 4.78 is 32.8. The van der Waals surface area contributed by atoms with Crippen LogP contribution in [0.15, 0.2) is 24.3 Å². The maximum absolute atomic E-state index is 14.0. The van der Waals surface area contributed by atoms with Crippen molar-refractivity contribution in [3.63, 3.8) is 0 Å². The fraction of sp³-hybridized carbons (Fsp3) is 0.667. The molecule has 4 fully saturated rings. The van der Waals surface area contributed by atoms with Gasteiger partial charge in [-0.15, -0.1) is 0 Å². The minimum Gasteiger partial charge on any atom is -0.384 e. The molecule has 2 bridgehead atoms. The van der Waals surface area contributed by atoms with Crippen LogP contribution in [0.25, 0.3) is 0 Å². The van der Waals surface area contributed by atoms with Crippen molar-refractivity contribution in [1.29, 1.82) is 0 Å². The van der Waals surface area contributed by atoms with Gasteiger partial charge in [-0.1, -0.05) is 12.1 Å². The van der Waals surface area contributed by atoms with Crippen molar-refractivity contribution < 1.29 is 18.6 Å². The second-order valence-electron chi connectivity index (χ2n) is 7.80. The first-order chi connectivity index (χ1) is 11.0. The van der Waals surface area contributed by atoms with Gasteiger partial charge in [-0.25, -0.2) is 8.78 Å². The Hall–Kier alpha value is -1.04. The summed E-state index contributed by atoms with van der Waals surface area (Å²) in [6, 6.07) is 6.07. The highest BCUT2D eigenvalue weighted by Crippen LogP contribution is 2.75. The minimum absolute atomic E-state index is 0.117. The third-order valence-corrected chi connectivity index (χ3v) is 6.02. The summed E-state index contributed by atoms with van der Waals surface area (Å²) in [6.07, 6.45) is 1.52. The second-order valence-corrected chi connectivity index (χ2v) is 7.80. The lowest BCUT2D eigenvalue weighted by atomic mass is 9.34. The van der Waals surface area contributed by atoms with Crippen molar-refractivity contribution in [3.8, 4) is 0 Å². The van der Waals surface area contributed by atoms with Crippen LogP contribution < -0.4 is 0 Å². The van der Waals surface area contributed by atoms with E-state index in [2.05, 4.69) is 0 Å². The number of ether oxygens (including phenoxy) is 1. The second kappa shape index (κ2) is 5.23. The summed E-state index contributed by atoms with van der Waals surface area (Å²) in [4.78, 5) is 1.84. The minimum atomic E-state index is -0.974. The van der Waals surface area contributed by atoms with Gasteiger partial charge in [0.15, 0.2) is 0 Å². The number of nitrogens with zero attached hydrogens (tertiary/aromatic N) is 1. The van der Waals surface area contributed by atoms with E-state index in [-0.39, 0.29) is 29.2 Å². The number of methoxy groups -OCH3 is 1. The summed E-state index contributed by atoms with van der Waals surface area (Å²) in [5.74, 6) is -0.316. The van der Waals surface area contributed by atoms with E-state index in [0.29, 0.717) is 6.42 Å². The van der Waals surface area contributed by atoms with Gasteiger partial charge in [0.25, 0.3) is 0 Å². The largest absolute Gasteiger partial charge is 0.384 e. The first-order valence-electron chi connectivity index (χ1n) is 8.29. The molecule has 3 saturated carbocycles. The van der Waals surface area contributed by atoms with Gasteiger partial charge < -0.3 is 9.84 Å². The Bertz CT molecular complexity index is 589. The molecule has 1 saturated heterocycles. The Morgan fingerprint density at radius 2 is 2.13 bits per heavy atom. The predicted molar refractivity (Wildman–Crippen MR) is 82.0 cm³/mol. The normalized spacial score (nSPS) is 40.5. The molecule has 5 heteroatoms. The van der Waals surface area contributed by atoms with Crippen LogP contribution in [0.3, 0.4) is 0 Å². The number of aliphatic hydroxyl groups is 1. The molecule has 1 aromatic carbocycles. The molecule has 0 radical (unpaired) electrons. The van der Waals surface area contributed by atoms with Crippen molar-refractivity contribution in [2.75, 3.05) is 20.3 Å². The highest BCUT2D eigenvalue weighted by Gasteiger charge is 2.71. The van der Waals surface area contributed by atoms with Crippen molar-refractivity contribution >= 4 is 0 Å². The number of hydrogen-bond acceptors (Lipinski definition) is 3. The standard InChI is InChI=1S/C18H23F2NO2/c1-23-11-17-8-18(9-17,10-17)16(22)21-7-14(20)6-15(21)12-3-2-4-13(19)5-12/h2-5,14-16,22H,6-11H2,1H3. The molecule has 4 aliphatic rings. The van der Waals surface area contributed by atoms with E-state index in [0.717, 1.165) is 31.4 Å². The number of hydrogen-bond donors (Lipinski definition) is 1. The number of benzene rings is 1. The molecule has 1 heterocycles. The average molecular weight is 323 g/mol. The van der Waals surface area contributed by atoms with Gasteiger partial charge in [-0.2, -0.15) is 0 Å². The molecule has 3 aliphatic carbocycles. The smallest absolute Gasteiger partial charge is 0.123 e. The maximum atomic E-state index is 14.0. The van der Waals surface area contributed by atoms with Crippen molar-refractivity contribution in [2.24, 2.45) is 10.8 Å². The summed E-state index contributed by atoms with van der Waals surface area (Å²) in [6.45, 7) is 0.960. The van der Waals surface area contributed by atoms with Gasteiger partial charge >= 0.3 is 0 Å². The van der Waals surface area contributed by atoms with Crippen molar-refractivity contribution in [3.05, 3.63) is 35.6 Å². The molecule has 126 valence electrons. The molecule has 3 nitrogen and oxygen atoms in total. The molecular formula is C18H23F2NO2. The van der Waals surface area contributed by atoms with Crippen molar-refractivity contribution in [2.45, 2.75) is 44.1 Å². The summed E-state index contributed by atoms with van der Waals surface area (Å²) in [5, 5.41) is 10.9. The Labute approximate surface area is 135 Å². The van der Waals surface area contributed by atoms with Gasteiger partial charge in [0, 0.05) is 25.1 Å². The SMILES string of the molecule is COCC12CC(C(O)N3CC(F)CC3c3cccc(F)c3)(C1)C2. The Balaban J connectivity index is 1.51. The van der Waals surface area contributed by atoms with E-state index in [1.807, 2.05) is 11.0 Å².